The Morgan fingerprint density at radius 3 is 2.49 bits per heavy atom. The molecule has 0 aromatic rings. The van der Waals surface area contributed by atoms with Gasteiger partial charge in [-0.3, -0.25) is 14.5 Å². The molecule has 2 amide bonds. The van der Waals surface area contributed by atoms with E-state index in [4.69, 9.17) is 4.74 Å². The summed E-state index contributed by atoms with van der Waals surface area (Å²) in [7, 11) is 0. The molecule has 0 bridgehead atoms. The summed E-state index contributed by atoms with van der Waals surface area (Å²) in [4.78, 5) is 31.1. The van der Waals surface area contributed by atoms with Crippen molar-refractivity contribution in [2.45, 2.75) is 102 Å². The average Bonchev–Trinajstić information content (AvgIpc) is 3.33. The molecule has 2 saturated heterocycles. The standard InChI is InChI=1S/C28H46N4O3/c1-2-23-10-6-7-11-25(23)32-13-12-28(20-29,21-32)30-27(34)24(18-22-8-4-3-5-9-22)19-26(33)31-14-16-35-17-15-31/h22-25H,2-19,21H2,1H3,(H,30,34)/t23-,24+,25+,28+/m0/s1. The number of carbonyl (C=O) groups is 2. The van der Waals surface area contributed by atoms with Crippen molar-refractivity contribution in [3.8, 4) is 6.07 Å². The van der Waals surface area contributed by atoms with Crippen LogP contribution in [-0.2, 0) is 14.3 Å². The number of carbonyl (C=O) groups excluding carboxylic acids is 2. The van der Waals surface area contributed by atoms with Crippen LogP contribution in [0.25, 0.3) is 0 Å². The Bertz CT molecular complexity index is 756. The Labute approximate surface area is 211 Å². The molecule has 4 fully saturated rings. The molecule has 35 heavy (non-hydrogen) atoms. The van der Waals surface area contributed by atoms with Gasteiger partial charge in [0, 0.05) is 44.6 Å². The van der Waals surface area contributed by atoms with Crippen LogP contribution in [-0.4, -0.2) is 72.6 Å². The third-order valence-electron chi connectivity index (χ3n) is 9.24. The summed E-state index contributed by atoms with van der Waals surface area (Å²) in [6, 6.07) is 3.03. The van der Waals surface area contributed by atoms with E-state index in [1.54, 1.807) is 0 Å². The lowest BCUT2D eigenvalue weighted by Crippen LogP contribution is -2.53. The predicted octanol–water partition coefficient (Wildman–Crippen LogP) is 3.87. The Kier molecular flexibility index (Phi) is 9.46. The first-order valence-corrected chi connectivity index (χ1v) is 14.4. The zero-order chi connectivity index (χ0) is 24.7. The molecule has 4 rings (SSSR count). The van der Waals surface area contributed by atoms with Crippen molar-refractivity contribution in [2.24, 2.45) is 17.8 Å². The van der Waals surface area contributed by atoms with Gasteiger partial charge in [-0.2, -0.15) is 5.26 Å². The number of hydrogen-bond acceptors (Lipinski definition) is 5. The van der Waals surface area contributed by atoms with Gasteiger partial charge in [0.15, 0.2) is 0 Å². The van der Waals surface area contributed by atoms with Gasteiger partial charge in [-0.1, -0.05) is 58.3 Å². The maximum Gasteiger partial charge on any atom is 0.224 e. The topological polar surface area (TPSA) is 85.7 Å². The van der Waals surface area contributed by atoms with Crippen molar-refractivity contribution in [2.75, 3.05) is 39.4 Å². The number of nitrogens with one attached hydrogen (secondary N) is 1. The van der Waals surface area contributed by atoms with Crippen LogP contribution in [0.1, 0.15) is 90.4 Å². The van der Waals surface area contributed by atoms with E-state index in [0.29, 0.717) is 57.1 Å². The first-order valence-electron chi connectivity index (χ1n) is 14.4. The molecule has 1 N–H and O–H groups in total. The molecule has 2 aliphatic heterocycles. The van der Waals surface area contributed by atoms with Crippen LogP contribution in [0.2, 0.25) is 0 Å². The summed E-state index contributed by atoms with van der Waals surface area (Å²) < 4.78 is 5.40. The maximum absolute atomic E-state index is 13.7. The molecular formula is C28H46N4O3. The van der Waals surface area contributed by atoms with Crippen LogP contribution < -0.4 is 5.32 Å². The summed E-state index contributed by atoms with van der Waals surface area (Å²) in [6.45, 7) is 6.11. The molecular weight excluding hydrogens is 440 g/mol. The van der Waals surface area contributed by atoms with Gasteiger partial charge in [-0.25, -0.2) is 0 Å². The highest BCUT2D eigenvalue weighted by Gasteiger charge is 2.45. The Morgan fingerprint density at radius 1 is 1.06 bits per heavy atom. The molecule has 2 aliphatic carbocycles. The number of amides is 2. The second-order valence-electron chi connectivity index (χ2n) is 11.6. The number of likely N-dealkylation sites (tertiary alicyclic amines) is 1. The number of nitriles is 1. The van der Waals surface area contributed by atoms with E-state index in [1.807, 2.05) is 4.90 Å². The summed E-state index contributed by atoms with van der Waals surface area (Å²) in [5, 5.41) is 13.4. The van der Waals surface area contributed by atoms with Crippen LogP contribution in [0.5, 0.6) is 0 Å². The fourth-order valence-corrected chi connectivity index (χ4v) is 7.09. The second-order valence-corrected chi connectivity index (χ2v) is 11.6. The lowest BCUT2D eigenvalue weighted by atomic mass is 9.81. The van der Waals surface area contributed by atoms with E-state index < -0.39 is 5.54 Å². The van der Waals surface area contributed by atoms with Crippen LogP contribution in [0, 0.1) is 29.1 Å². The molecule has 4 aliphatic rings. The molecule has 2 heterocycles. The third kappa shape index (κ3) is 6.77. The van der Waals surface area contributed by atoms with E-state index in [-0.39, 0.29) is 24.2 Å². The first-order chi connectivity index (χ1) is 17.0. The number of hydrogen-bond donors (Lipinski definition) is 1. The van der Waals surface area contributed by atoms with E-state index in [1.165, 1.54) is 51.4 Å². The van der Waals surface area contributed by atoms with Gasteiger partial charge in [0.2, 0.25) is 11.8 Å². The highest BCUT2D eigenvalue weighted by Crippen LogP contribution is 2.35. The molecule has 0 unspecified atom stereocenters. The molecule has 4 atom stereocenters. The molecule has 7 heteroatoms. The molecule has 0 radical (unpaired) electrons. The molecule has 0 aromatic carbocycles. The summed E-state index contributed by atoms with van der Waals surface area (Å²) in [6.07, 6.45) is 13.9. The molecule has 0 aromatic heterocycles. The molecule has 196 valence electrons. The zero-order valence-electron chi connectivity index (χ0n) is 21.8. The van der Waals surface area contributed by atoms with Gasteiger partial charge in [0.05, 0.1) is 19.3 Å². The van der Waals surface area contributed by atoms with Gasteiger partial charge >= 0.3 is 0 Å². The van der Waals surface area contributed by atoms with Crippen molar-refractivity contribution in [3.05, 3.63) is 0 Å². The SMILES string of the molecule is CC[C@H]1CCCC[C@H]1N1CC[C@](C#N)(NC(=O)[C@@H](CC(=O)N2CCOCC2)CC2CCCCC2)C1. The minimum atomic E-state index is -0.834. The number of rotatable bonds is 8. The molecule has 7 nitrogen and oxygen atoms in total. The van der Waals surface area contributed by atoms with E-state index >= 15 is 0 Å². The largest absolute Gasteiger partial charge is 0.378 e. The minimum Gasteiger partial charge on any atom is -0.378 e. The van der Waals surface area contributed by atoms with E-state index in [2.05, 4.69) is 23.2 Å². The molecule has 0 spiro atoms. The van der Waals surface area contributed by atoms with Crippen molar-refractivity contribution in [3.63, 3.8) is 0 Å². The van der Waals surface area contributed by atoms with E-state index in [0.717, 1.165) is 25.8 Å². The Hall–Kier alpha value is -1.65. The van der Waals surface area contributed by atoms with Gasteiger partial charge in [0.25, 0.3) is 0 Å². The molecule has 2 saturated carbocycles. The van der Waals surface area contributed by atoms with Crippen molar-refractivity contribution in [1.29, 1.82) is 5.26 Å². The number of morpholine rings is 1. The fraction of sp³-hybridized carbons (Fsp3) is 0.893. The first kappa shape index (κ1) is 26.4. The van der Waals surface area contributed by atoms with Crippen LogP contribution in [0.3, 0.4) is 0 Å². The highest BCUT2D eigenvalue weighted by molar-refractivity contribution is 5.86. The zero-order valence-corrected chi connectivity index (χ0v) is 21.8. The summed E-state index contributed by atoms with van der Waals surface area (Å²) in [5.41, 5.74) is -0.834. The van der Waals surface area contributed by atoms with E-state index in [9.17, 15) is 14.9 Å². The van der Waals surface area contributed by atoms with Crippen molar-refractivity contribution in [1.82, 2.24) is 15.1 Å². The van der Waals surface area contributed by atoms with Gasteiger partial charge in [-0.15, -0.1) is 0 Å². The maximum atomic E-state index is 13.7. The predicted molar refractivity (Wildman–Crippen MR) is 135 cm³/mol. The normalized spacial score (nSPS) is 31.6. The van der Waals surface area contributed by atoms with Gasteiger partial charge < -0.3 is 15.0 Å². The second kappa shape index (κ2) is 12.5. The van der Waals surface area contributed by atoms with Crippen molar-refractivity contribution >= 4 is 11.8 Å². The lowest BCUT2D eigenvalue weighted by molar-refractivity contribution is -0.140. The Morgan fingerprint density at radius 2 is 1.77 bits per heavy atom. The van der Waals surface area contributed by atoms with Gasteiger partial charge in [-0.05, 0) is 37.5 Å². The number of ether oxygens (including phenoxy) is 1. The summed E-state index contributed by atoms with van der Waals surface area (Å²) >= 11 is 0. The quantitative estimate of drug-likeness (QED) is 0.563. The third-order valence-corrected chi connectivity index (χ3v) is 9.24. The fourth-order valence-electron chi connectivity index (χ4n) is 7.09. The lowest BCUT2D eigenvalue weighted by Gasteiger charge is -2.38. The Balaban J connectivity index is 1.42. The van der Waals surface area contributed by atoms with Crippen LogP contribution in [0.15, 0.2) is 0 Å². The number of nitrogens with zero attached hydrogens (tertiary/aromatic N) is 3. The highest BCUT2D eigenvalue weighted by atomic mass is 16.5. The smallest absolute Gasteiger partial charge is 0.224 e. The van der Waals surface area contributed by atoms with Crippen LogP contribution >= 0.6 is 0 Å². The summed E-state index contributed by atoms with van der Waals surface area (Å²) in [5.74, 6) is 0.806. The van der Waals surface area contributed by atoms with Gasteiger partial charge in [0.1, 0.15) is 5.54 Å². The minimum absolute atomic E-state index is 0.0521. The van der Waals surface area contributed by atoms with Crippen LogP contribution in [0.4, 0.5) is 0 Å². The van der Waals surface area contributed by atoms with Crippen molar-refractivity contribution < 1.29 is 14.3 Å². The monoisotopic (exact) mass is 486 g/mol. The average molecular weight is 487 g/mol.